The predicted molar refractivity (Wildman–Crippen MR) is 105 cm³/mol. The highest BCUT2D eigenvalue weighted by molar-refractivity contribution is 5.77. The van der Waals surface area contributed by atoms with E-state index in [1.54, 1.807) is 20.8 Å². The van der Waals surface area contributed by atoms with Crippen molar-refractivity contribution in [1.82, 2.24) is 20.0 Å². The summed E-state index contributed by atoms with van der Waals surface area (Å²) in [5.41, 5.74) is -0.625. The number of alkyl halides is 6. The van der Waals surface area contributed by atoms with Gasteiger partial charge in [0, 0.05) is 52.4 Å². The molecule has 192 valence electrons. The van der Waals surface area contributed by atoms with Crippen molar-refractivity contribution in [2.45, 2.75) is 51.6 Å². The molecule has 2 aliphatic heterocycles. The molecule has 2 heterocycles. The number of carbonyl (C=O) groups excluding carboxylic acids is 3. The van der Waals surface area contributed by atoms with Gasteiger partial charge in [0.05, 0.1) is 0 Å². The summed E-state index contributed by atoms with van der Waals surface area (Å²) in [4.78, 5) is 37.9. The molecule has 33 heavy (non-hydrogen) atoms. The Morgan fingerprint density at radius 2 is 1.06 bits per heavy atom. The Morgan fingerprint density at radius 3 is 1.42 bits per heavy atom. The van der Waals surface area contributed by atoms with Gasteiger partial charge >= 0.3 is 18.4 Å². The minimum atomic E-state index is -4.50. The summed E-state index contributed by atoms with van der Waals surface area (Å²) < 4.78 is 76.9. The number of carbonyl (C=O) groups is 3. The largest absolute Gasteiger partial charge is 0.444 e. The lowest BCUT2D eigenvalue weighted by atomic mass is 10.2. The number of hydrogen-bond acceptors (Lipinski definition) is 5. The topological polar surface area (TPSA) is 82.2 Å². The maximum absolute atomic E-state index is 12.1. The smallest absolute Gasteiger partial charge is 0.410 e. The number of nitrogens with zero attached hydrogens (tertiary/aromatic N) is 3. The summed E-state index contributed by atoms with van der Waals surface area (Å²) in [5.74, 6) is -1.78. The van der Waals surface area contributed by atoms with Gasteiger partial charge in [-0.1, -0.05) is 0 Å². The van der Waals surface area contributed by atoms with Crippen LogP contribution in [-0.2, 0) is 14.3 Å². The van der Waals surface area contributed by atoms with E-state index in [0.717, 1.165) is 4.90 Å². The van der Waals surface area contributed by atoms with E-state index in [4.69, 9.17) is 4.74 Å². The van der Waals surface area contributed by atoms with Crippen LogP contribution in [-0.4, -0.2) is 103 Å². The quantitative estimate of drug-likeness (QED) is 0.599. The molecule has 0 aromatic heterocycles. The molecule has 8 nitrogen and oxygen atoms in total. The van der Waals surface area contributed by atoms with Crippen molar-refractivity contribution in [1.29, 1.82) is 0 Å². The molecular weight excluding hydrogens is 462 g/mol. The molecular formula is C19H30F6N4O4. The van der Waals surface area contributed by atoms with Gasteiger partial charge in [-0.25, -0.2) is 4.79 Å². The Kier molecular flexibility index (Phi) is 10.2. The first kappa shape index (κ1) is 28.8. The van der Waals surface area contributed by atoms with Crippen LogP contribution in [0, 0.1) is 0 Å². The number of halogens is 6. The number of hydrogen-bond donors (Lipinski definition) is 1. The molecule has 2 fully saturated rings. The van der Waals surface area contributed by atoms with E-state index in [0.29, 0.717) is 26.2 Å². The third-order valence-electron chi connectivity index (χ3n) is 4.46. The Bertz CT molecular complexity index is 629. The van der Waals surface area contributed by atoms with Crippen molar-refractivity contribution in [3.8, 4) is 0 Å². The van der Waals surface area contributed by atoms with Gasteiger partial charge in [0.15, 0.2) is 0 Å². The summed E-state index contributed by atoms with van der Waals surface area (Å²) in [7, 11) is 0. The van der Waals surface area contributed by atoms with Gasteiger partial charge in [0.1, 0.15) is 18.4 Å². The summed E-state index contributed by atoms with van der Waals surface area (Å²) in [6.07, 6.45) is -12.2. The molecule has 1 N–H and O–H groups in total. The zero-order valence-electron chi connectivity index (χ0n) is 18.8. The second-order valence-electron chi connectivity index (χ2n) is 8.56. The highest BCUT2D eigenvalue weighted by Gasteiger charge is 2.35. The molecule has 14 heteroatoms. The average molecular weight is 492 g/mol. The molecule has 2 rings (SSSR count). The van der Waals surface area contributed by atoms with E-state index in [9.17, 15) is 40.7 Å². The lowest BCUT2D eigenvalue weighted by Crippen LogP contribution is -2.52. The van der Waals surface area contributed by atoms with Gasteiger partial charge < -0.3 is 24.8 Å². The normalized spacial score (nSPS) is 17.8. The maximum atomic E-state index is 12.1. The Balaban J connectivity index is 0.000000361. The average Bonchev–Trinajstić information content (AvgIpc) is 2.65. The first-order valence-corrected chi connectivity index (χ1v) is 10.3. The molecule has 2 saturated heterocycles. The second-order valence-corrected chi connectivity index (χ2v) is 8.56. The number of nitrogens with one attached hydrogen (secondary N) is 1. The predicted octanol–water partition coefficient (Wildman–Crippen LogP) is 2.39. The van der Waals surface area contributed by atoms with Gasteiger partial charge in [0.25, 0.3) is 0 Å². The molecule has 0 unspecified atom stereocenters. The molecule has 2 aliphatic rings. The fraction of sp³-hybridized carbons (Fsp3) is 0.842. The molecule has 0 bridgehead atoms. The van der Waals surface area contributed by atoms with Crippen LogP contribution in [0.25, 0.3) is 0 Å². The Labute approximate surface area is 188 Å². The van der Waals surface area contributed by atoms with E-state index in [2.05, 4.69) is 5.32 Å². The molecule has 0 aliphatic carbocycles. The first-order chi connectivity index (χ1) is 15.0. The molecule has 0 atom stereocenters. The molecule has 0 spiro atoms. The van der Waals surface area contributed by atoms with E-state index >= 15 is 0 Å². The van der Waals surface area contributed by atoms with Crippen LogP contribution in [0.2, 0.25) is 0 Å². The fourth-order valence-corrected chi connectivity index (χ4v) is 2.95. The first-order valence-electron chi connectivity index (χ1n) is 10.3. The van der Waals surface area contributed by atoms with Crippen LogP contribution in [0.3, 0.4) is 0 Å². The van der Waals surface area contributed by atoms with Gasteiger partial charge in [-0.3, -0.25) is 9.59 Å². The third-order valence-corrected chi connectivity index (χ3v) is 4.46. The maximum Gasteiger partial charge on any atom is 0.410 e. The zero-order chi connectivity index (χ0) is 25.4. The summed E-state index contributed by atoms with van der Waals surface area (Å²) in [6.45, 7) is 7.62. The van der Waals surface area contributed by atoms with Crippen LogP contribution < -0.4 is 5.32 Å². The highest BCUT2D eigenvalue weighted by Crippen LogP contribution is 2.22. The third kappa shape index (κ3) is 12.5. The van der Waals surface area contributed by atoms with Gasteiger partial charge in [-0.2, -0.15) is 26.3 Å². The standard InChI is InChI=1S/C12H19F3N2O3.C7H11F3N2O/c1-11(2,3)20-10(19)17-6-4-16(5-7-17)9(18)8-12(13,14)15;8-7(9,10)5-6(13)12-3-1-11-2-4-12/h4-8H2,1-3H3;11H,1-5H2. The van der Waals surface area contributed by atoms with Crippen molar-refractivity contribution in [3.05, 3.63) is 0 Å². The van der Waals surface area contributed by atoms with Gasteiger partial charge in [-0.05, 0) is 20.8 Å². The monoisotopic (exact) mass is 492 g/mol. The summed E-state index contributed by atoms with van der Waals surface area (Å²) >= 11 is 0. The van der Waals surface area contributed by atoms with Crippen LogP contribution >= 0.6 is 0 Å². The lowest BCUT2D eigenvalue weighted by Gasteiger charge is -2.35. The summed E-state index contributed by atoms with van der Waals surface area (Å²) in [5, 5.41) is 2.96. The molecule has 0 radical (unpaired) electrons. The number of rotatable bonds is 2. The van der Waals surface area contributed by atoms with Crippen LogP contribution in [0.4, 0.5) is 31.1 Å². The molecule has 0 saturated carbocycles. The molecule has 3 amide bonds. The minimum absolute atomic E-state index is 0.0914. The van der Waals surface area contributed by atoms with E-state index in [1.165, 1.54) is 9.80 Å². The van der Waals surface area contributed by atoms with Crippen LogP contribution in [0.1, 0.15) is 33.6 Å². The van der Waals surface area contributed by atoms with Crippen molar-refractivity contribution < 1.29 is 45.5 Å². The van der Waals surface area contributed by atoms with Crippen molar-refractivity contribution in [2.24, 2.45) is 0 Å². The lowest BCUT2D eigenvalue weighted by molar-refractivity contribution is -0.163. The van der Waals surface area contributed by atoms with E-state index in [-0.39, 0.29) is 26.2 Å². The van der Waals surface area contributed by atoms with Crippen LogP contribution in [0.5, 0.6) is 0 Å². The van der Waals surface area contributed by atoms with E-state index in [1.807, 2.05) is 0 Å². The van der Waals surface area contributed by atoms with Crippen molar-refractivity contribution in [2.75, 3.05) is 52.4 Å². The number of ether oxygens (including phenoxy) is 1. The van der Waals surface area contributed by atoms with E-state index < -0.39 is 48.7 Å². The Hall–Kier alpha value is -2.25. The zero-order valence-corrected chi connectivity index (χ0v) is 18.8. The van der Waals surface area contributed by atoms with Gasteiger partial charge in [0.2, 0.25) is 11.8 Å². The van der Waals surface area contributed by atoms with Crippen molar-refractivity contribution >= 4 is 17.9 Å². The highest BCUT2D eigenvalue weighted by atomic mass is 19.4. The van der Waals surface area contributed by atoms with Gasteiger partial charge in [-0.15, -0.1) is 0 Å². The molecule has 0 aromatic rings. The van der Waals surface area contributed by atoms with Crippen LogP contribution in [0.15, 0.2) is 0 Å². The number of amides is 3. The second kappa shape index (κ2) is 11.7. The fourth-order valence-electron chi connectivity index (χ4n) is 2.95. The van der Waals surface area contributed by atoms with Crippen molar-refractivity contribution in [3.63, 3.8) is 0 Å². The summed E-state index contributed by atoms with van der Waals surface area (Å²) in [6, 6.07) is 0. The Morgan fingerprint density at radius 1 is 0.697 bits per heavy atom. The SMILES string of the molecule is CC(C)(C)OC(=O)N1CCN(C(=O)CC(F)(F)F)CC1.O=C(CC(F)(F)F)N1CCNCC1. The minimum Gasteiger partial charge on any atom is -0.444 e. The number of piperazine rings is 2. The molecule has 0 aromatic carbocycles.